The highest BCUT2D eigenvalue weighted by atomic mass is 16.2. The predicted octanol–water partition coefficient (Wildman–Crippen LogP) is 3.17. The van der Waals surface area contributed by atoms with Crippen molar-refractivity contribution >= 4 is 17.5 Å². The summed E-state index contributed by atoms with van der Waals surface area (Å²) in [4.78, 5) is 27.8. The molecule has 1 atom stereocenters. The number of Topliss-reactive ketones (excluding diaryl/α,β-unsaturated/α-hetero) is 1. The Balaban J connectivity index is 1.36. The zero-order valence-electron chi connectivity index (χ0n) is 18.7. The molecule has 2 aromatic heterocycles. The molecule has 1 aromatic carbocycles. The van der Waals surface area contributed by atoms with Gasteiger partial charge in [0.05, 0.1) is 23.1 Å². The summed E-state index contributed by atoms with van der Waals surface area (Å²) in [6, 6.07) is 11.5. The number of para-hydroxylation sites is 1. The third-order valence-electron chi connectivity index (χ3n) is 6.08. The van der Waals surface area contributed by atoms with E-state index in [-0.39, 0.29) is 17.6 Å². The van der Waals surface area contributed by atoms with Crippen LogP contribution in [0.2, 0.25) is 0 Å². The van der Waals surface area contributed by atoms with E-state index in [1.54, 1.807) is 10.9 Å². The number of carbonyl (C=O) groups excluding carboxylic acids is 2. The molecule has 3 heterocycles. The second-order valence-corrected chi connectivity index (χ2v) is 8.49. The Hall–Kier alpha value is -3.42. The fraction of sp³-hybridized carbons (Fsp3) is 0.417. The van der Waals surface area contributed by atoms with E-state index in [0.29, 0.717) is 30.9 Å². The molecule has 2 N–H and O–H groups in total. The van der Waals surface area contributed by atoms with Crippen LogP contribution in [0.25, 0.3) is 5.69 Å². The van der Waals surface area contributed by atoms with Gasteiger partial charge in [-0.1, -0.05) is 18.2 Å². The maximum absolute atomic E-state index is 13.2. The van der Waals surface area contributed by atoms with Crippen LogP contribution in [-0.4, -0.2) is 49.2 Å². The quantitative estimate of drug-likeness (QED) is 0.576. The van der Waals surface area contributed by atoms with Crippen LogP contribution in [0.15, 0.2) is 42.6 Å². The molecular formula is C24H30N6O2. The van der Waals surface area contributed by atoms with Crippen molar-refractivity contribution in [2.45, 2.75) is 46.1 Å². The van der Waals surface area contributed by atoms with Crippen molar-refractivity contribution < 1.29 is 9.59 Å². The fourth-order valence-corrected chi connectivity index (χ4v) is 4.40. The van der Waals surface area contributed by atoms with Gasteiger partial charge in [0.2, 0.25) is 5.91 Å². The number of hydrogen-bond acceptors (Lipinski definition) is 5. The summed E-state index contributed by atoms with van der Waals surface area (Å²) in [5, 5.41) is 8.76. The minimum Gasteiger partial charge on any atom is -0.383 e. The number of rotatable bonds is 7. The second-order valence-electron chi connectivity index (χ2n) is 8.49. The molecule has 1 unspecified atom stereocenters. The van der Waals surface area contributed by atoms with Gasteiger partial charge in [0.15, 0.2) is 5.78 Å². The van der Waals surface area contributed by atoms with E-state index in [9.17, 15) is 9.59 Å². The van der Waals surface area contributed by atoms with Crippen LogP contribution in [-0.2, 0) is 11.3 Å². The van der Waals surface area contributed by atoms with Gasteiger partial charge in [-0.15, -0.1) is 0 Å². The van der Waals surface area contributed by atoms with E-state index in [0.717, 1.165) is 42.9 Å². The zero-order valence-corrected chi connectivity index (χ0v) is 18.7. The molecule has 0 radical (unpaired) electrons. The van der Waals surface area contributed by atoms with Gasteiger partial charge in [0, 0.05) is 37.7 Å². The van der Waals surface area contributed by atoms with Gasteiger partial charge >= 0.3 is 0 Å². The molecule has 0 bridgehead atoms. The molecule has 1 aliphatic heterocycles. The first kappa shape index (κ1) is 21.8. The van der Waals surface area contributed by atoms with Crippen LogP contribution in [0.3, 0.4) is 0 Å². The molecule has 0 aliphatic carbocycles. The highest BCUT2D eigenvalue weighted by Gasteiger charge is 2.31. The molecule has 4 rings (SSSR count). The minimum absolute atomic E-state index is 0.0372. The zero-order chi connectivity index (χ0) is 22.7. The van der Waals surface area contributed by atoms with Crippen LogP contribution in [0.4, 0.5) is 5.82 Å². The smallest absolute Gasteiger partial charge is 0.222 e. The number of aromatic nitrogens is 4. The number of carbonyl (C=O) groups is 2. The number of ketones is 1. The third kappa shape index (κ3) is 4.59. The van der Waals surface area contributed by atoms with Gasteiger partial charge in [0.25, 0.3) is 0 Å². The lowest BCUT2D eigenvalue weighted by molar-refractivity contribution is -0.132. The number of benzene rings is 1. The van der Waals surface area contributed by atoms with Crippen molar-refractivity contribution in [3.63, 3.8) is 0 Å². The van der Waals surface area contributed by atoms with E-state index in [1.807, 2.05) is 59.8 Å². The lowest BCUT2D eigenvalue weighted by Crippen LogP contribution is -2.42. The van der Waals surface area contributed by atoms with Crippen LogP contribution >= 0.6 is 0 Å². The average molecular weight is 435 g/mol. The molecule has 1 saturated heterocycles. The summed E-state index contributed by atoms with van der Waals surface area (Å²) >= 11 is 0. The van der Waals surface area contributed by atoms with Gasteiger partial charge in [-0.25, -0.2) is 4.68 Å². The van der Waals surface area contributed by atoms with E-state index in [1.165, 1.54) is 0 Å². The number of aryl methyl sites for hydroxylation is 3. The number of amides is 1. The van der Waals surface area contributed by atoms with Gasteiger partial charge < -0.3 is 10.6 Å². The van der Waals surface area contributed by atoms with Crippen LogP contribution in [0.5, 0.6) is 0 Å². The third-order valence-corrected chi connectivity index (χ3v) is 6.08. The summed E-state index contributed by atoms with van der Waals surface area (Å²) < 4.78 is 3.52. The molecule has 1 amide bonds. The maximum atomic E-state index is 13.2. The summed E-state index contributed by atoms with van der Waals surface area (Å²) in [6.45, 7) is 5.84. The minimum atomic E-state index is -0.251. The lowest BCUT2D eigenvalue weighted by Gasteiger charge is -2.32. The van der Waals surface area contributed by atoms with Crippen LogP contribution in [0.1, 0.15) is 47.4 Å². The summed E-state index contributed by atoms with van der Waals surface area (Å²) in [5.41, 5.74) is 9.59. The number of anilines is 1. The van der Waals surface area contributed by atoms with Gasteiger partial charge in [-0.2, -0.15) is 10.2 Å². The first-order chi connectivity index (χ1) is 15.4. The molecule has 1 aliphatic rings. The molecule has 0 spiro atoms. The Bertz CT molecular complexity index is 1100. The van der Waals surface area contributed by atoms with Gasteiger partial charge in [-0.3, -0.25) is 14.3 Å². The van der Waals surface area contributed by atoms with E-state index in [2.05, 4.69) is 10.2 Å². The number of nitrogens with two attached hydrogens (primary N) is 1. The van der Waals surface area contributed by atoms with Crippen molar-refractivity contribution in [1.29, 1.82) is 0 Å². The molecule has 0 saturated carbocycles. The normalized spacial score (nSPS) is 16.3. The van der Waals surface area contributed by atoms with E-state index < -0.39 is 0 Å². The average Bonchev–Trinajstić information content (AvgIpc) is 3.34. The Labute approximate surface area is 188 Å². The van der Waals surface area contributed by atoms with Crippen molar-refractivity contribution in [2.24, 2.45) is 5.92 Å². The standard InChI is InChI=1S/C24H30N6O2/c1-17-14-18(2)29(27-17)13-7-11-22(31)28-12-6-8-19(16-28)23(32)21-15-26-30(24(21)25)20-9-4-3-5-10-20/h3-5,9-10,14-15,19H,6-8,11-13,16,25H2,1-2H3. The number of nitrogens with zero attached hydrogens (tertiary/aromatic N) is 5. The highest BCUT2D eigenvalue weighted by molar-refractivity contribution is 6.02. The topological polar surface area (TPSA) is 99.0 Å². The highest BCUT2D eigenvalue weighted by Crippen LogP contribution is 2.25. The van der Waals surface area contributed by atoms with E-state index in [4.69, 9.17) is 5.73 Å². The Morgan fingerprint density at radius 2 is 1.97 bits per heavy atom. The van der Waals surface area contributed by atoms with Crippen molar-refractivity contribution in [1.82, 2.24) is 24.5 Å². The SMILES string of the molecule is Cc1cc(C)n(CCCC(=O)N2CCCC(C(=O)c3cnn(-c4ccccc4)c3N)C2)n1. The van der Waals surface area contributed by atoms with E-state index >= 15 is 0 Å². The summed E-state index contributed by atoms with van der Waals surface area (Å²) in [6.07, 6.45) is 4.29. The maximum Gasteiger partial charge on any atom is 0.222 e. The molecular weight excluding hydrogens is 404 g/mol. The molecule has 168 valence electrons. The van der Waals surface area contributed by atoms with Crippen molar-refractivity contribution in [3.8, 4) is 5.69 Å². The molecule has 32 heavy (non-hydrogen) atoms. The first-order valence-electron chi connectivity index (χ1n) is 11.2. The summed E-state index contributed by atoms with van der Waals surface area (Å²) in [5.74, 6) is 0.149. The molecule has 8 nitrogen and oxygen atoms in total. The molecule has 3 aromatic rings. The lowest BCUT2D eigenvalue weighted by atomic mass is 9.90. The van der Waals surface area contributed by atoms with Crippen molar-refractivity contribution in [2.75, 3.05) is 18.8 Å². The Morgan fingerprint density at radius 1 is 1.19 bits per heavy atom. The van der Waals surface area contributed by atoms with Gasteiger partial charge in [0.1, 0.15) is 5.82 Å². The van der Waals surface area contributed by atoms with Gasteiger partial charge in [-0.05, 0) is 51.3 Å². The first-order valence-corrected chi connectivity index (χ1v) is 11.2. The number of hydrogen-bond donors (Lipinski definition) is 1. The predicted molar refractivity (Wildman–Crippen MR) is 123 cm³/mol. The summed E-state index contributed by atoms with van der Waals surface area (Å²) in [7, 11) is 0. The largest absolute Gasteiger partial charge is 0.383 e. The molecule has 8 heteroatoms. The Morgan fingerprint density at radius 3 is 2.69 bits per heavy atom. The number of piperidine rings is 1. The number of nitrogen functional groups attached to an aromatic ring is 1. The molecule has 1 fully saturated rings. The second kappa shape index (κ2) is 9.38. The number of likely N-dealkylation sites (tertiary alicyclic amines) is 1. The fourth-order valence-electron chi connectivity index (χ4n) is 4.40. The van der Waals surface area contributed by atoms with Crippen LogP contribution < -0.4 is 5.73 Å². The van der Waals surface area contributed by atoms with Crippen molar-refractivity contribution in [3.05, 3.63) is 59.5 Å². The van der Waals surface area contributed by atoms with Crippen LogP contribution in [0, 0.1) is 19.8 Å². The monoisotopic (exact) mass is 434 g/mol. The Kier molecular flexibility index (Phi) is 6.39.